The minimum Gasteiger partial charge on any atom is -0.363 e. The second-order valence-electron chi connectivity index (χ2n) is 5.63. The van der Waals surface area contributed by atoms with E-state index in [9.17, 15) is 4.79 Å². The number of imidazole rings is 1. The van der Waals surface area contributed by atoms with Crippen LogP contribution in [0.2, 0.25) is 5.15 Å². The van der Waals surface area contributed by atoms with Crippen LogP contribution in [0.3, 0.4) is 0 Å². The summed E-state index contributed by atoms with van der Waals surface area (Å²) in [6.07, 6.45) is 6.94. The van der Waals surface area contributed by atoms with Crippen LogP contribution in [0, 0.1) is 0 Å². The highest BCUT2D eigenvalue weighted by atomic mass is 35.5. The fourth-order valence-corrected chi connectivity index (χ4v) is 3.20. The number of nitrogens with zero attached hydrogens (tertiary/aromatic N) is 4. The Morgan fingerprint density at radius 2 is 2.08 bits per heavy atom. The predicted molar refractivity (Wildman–Crippen MR) is 88.5 cm³/mol. The molecule has 0 aliphatic carbocycles. The van der Waals surface area contributed by atoms with E-state index in [0.717, 1.165) is 24.2 Å². The molecule has 0 bridgehead atoms. The lowest BCUT2D eigenvalue weighted by atomic mass is 10.2. The maximum absolute atomic E-state index is 12.3. The van der Waals surface area contributed by atoms with Crippen molar-refractivity contribution in [3.8, 4) is 0 Å². The number of hydrogen-bond acceptors (Lipinski definition) is 5. The standard InChI is InChI=1S/C17H15ClN4O2/c18-15-14-11-20-16(21(14)10-8-19-15)13-7-4-9-22(13)24-17(23)12-5-2-1-3-6-12/h1-3,5-6,8,10-11,13H,4,7,9H2/t13-/m0/s1. The van der Waals surface area contributed by atoms with Crippen molar-refractivity contribution >= 4 is 23.1 Å². The van der Waals surface area contributed by atoms with Gasteiger partial charge in [-0.2, -0.15) is 0 Å². The molecule has 24 heavy (non-hydrogen) atoms. The average molecular weight is 343 g/mol. The van der Waals surface area contributed by atoms with Crippen molar-refractivity contribution in [3.63, 3.8) is 0 Å². The number of aromatic nitrogens is 3. The van der Waals surface area contributed by atoms with Gasteiger partial charge in [0.2, 0.25) is 0 Å². The SMILES string of the molecule is O=C(ON1CCC[C@H]1c1ncc2c(Cl)nccn12)c1ccccc1. The molecule has 2 aromatic heterocycles. The van der Waals surface area contributed by atoms with Crippen LogP contribution in [-0.2, 0) is 4.84 Å². The molecule has 3 aromatic rings. The topological polar surface area (TPSA) is 59.7 Å². The van der Waals surface area contributed by atoms with Gasteiger partial charge in [0.05, 0.1) is 11.8 Å². The summed E-state index contributed by atoms with van der Waals surface area (Å²) >= 11 is 6.11. The van der Waals surface area contributed by atoms with Crippen LogP contribution in [0.4, 0.5) is 0 Å². The molecular formula is C17H15ClN4O2. The van der Waals surface area contributed by atoms with Crippen molar-refractivity contribution in [2.24, 2.45) is 0 Å². The zero-order valence-electron chi connectivity index (χ0n) is 12.8. The third-order valence-electron chi connectivity index (χ3n) is 4.15. The van der Waals surface area contributed by atoms with Gasteiger partial charge in [-0.25, -0.2) is 14.8 Å². The summed E-state index contributed by atoms with van der Waals surface area (Å²) in [5.41, 5.74) is 1.28. The summed E-state index contributed by atoms with van der Waals surface area (Å²) in [6, 6.07) is 8.88. The molecule has 0 radical (unpaired) electrons. The summed E-state index contributed by atoms with van der Waals surface area (Å²) in [5, 5.41) is 2.11. The molecule has 1 aliphatic heterocycles. The van der Waals surface area contributed by atoms with Gasteiger partial charge in [0.25, 0.3) is 0 Å². The molecule has 0 N–H and O–H groups in total. The molecule has 1 atom stereocenters. The van der Waals surface area contributed by atoms with Crippen LogP contribution in [0.25, 0.3) is 5.52 Å². The Hall–Kier alpha value is -2.44. The van der Waals surface area contributed by atoms with Gasteiger partial charge >= 0.3 is 5.97 Å². The Labute approximate surface area is 143 Å². The van der Waals surface area contributed by atoms with Crippen molar-refractivity contribution in [1.82, 2.24) is 19.4 Å². The number of carbonyl (C=O) groups is 1. The molecular weight excluding hydrogens is 328 g/mol. The van der Waals surface area contributed by atoms with Crippen LogP contribution in [0.1, 0.15) is 35.1 Å². The van der Waals surface area contributed by atoms with Crippen LogP contribution < -0.4 is 0 Å². The molecule has 1 fully saturated rings. The van der Waals surface area contributed by atoms with Crippen molar-refractivity contribution in [3.05, 3.63) is 65.5 Å². The molecule has 122 valence electrons. The number of rotatable bonds is 3. The van der Waals surface area contributed by atoms with Gasteiger partial charge in [-0.15, -0.1) is 5.06 Å². The summed E-state index contributed by atoms with van der Waals surface area (Å²) in [6.45, 7) is 0.678. The molecule has 4 rings (SSSR count). The monoisotopic (exact) mass is 342 g/mol. The van der Waals surface area contributed by atoms with Gasteiger partial charge in [0.1, 0.15) is 17.4 Å². The van der Waals surface area contributed by atoms with Crippen molar-refractivity contribution in [1.29, 1.82) is 0 Å². The average Bonchev–Trinajstić information content (AvgIpc) is 3.23. The lowest BCUT2D eigenvalue weighted by Crippen LogP contribution is -2.28. The molecule has 7 heteroatoms. The van der Waals surface area contributed by atoms with Gasteiger partial charge < -0.3 is 4.84 Å². The van der Waals surface area contributed by atoms with Crippen LogP contribution in [0.5, 0.6) is 0 Å². The third-order valence-corrected chi connectivity index (χ3v) is 4.44. The maximum Gasteiger partial charge on any atom is 0.357 e. The Balaban J connectivity index is 1.61. The Morgan fingerprint density at radius 1 is 1.25 bits per heavy atom. The molecule has 0 spiro atoms. The first-order valence-electron chi connectivity index (χ1n) is 7.75. The maximum atomic E-state index is 12.3. The van der Waals surface area contributed by atoms with Crippen LogP contribution in [-0.4, -0.2) is 31.9 Å². The molecule has 0 amide bonds. The second-order valence-corrected chi connectivity index (χ2v) is 5.99. The molecule has 0 unspecified atom stereocenters. The molecule has 0 saturated carbocycles. The largest absolute Gasteiger partial charge is 0.363 e. The van der Waals surface area contributed by atoms with Gasteiger partial charge in [-0.3, -0.25) is 4.40 Å². The van der Waals surface area contributed by atoms with E-state index in [0.29, 0.717) is 17.3 Å². The molecule has 1 aliphatic rings. The van der Waals surface area contributed by atoms with Crippen molar-refractivity contribution in [2.75, 3.05) is 6.54 Å². The van der Waals surface area contributed by atoms with Gasteiger partial charge in [0.15, 0.2) is 5.15 Å². The number of benzene rings is 1. The fraction of sp³-hybridized carbons (Fsp3) is 0.235. The summed E-state index contributed by atoms with van der Waals surface area (Å²) in [7, 11) is 0. The van der Waals surface area contributed by atoms with Gasteiger partial charge in [0, 0.05) is 18.9 Å². The predicted octanol–water partition coefficient (Wildman–Crippen LogP) is 3.29. The summed E-state index contributed by atoms with van der Waals surface area (Å²) < 4.78 is 1.90. The number of fused-ring (bicyclic) bond motifs is 1. The second kappa shape index (κ2) is 6.22. The van der Waals surface area contributed by atoms with Gasteiger partial charge in [-0.05, 0) is 25.0 Å². The highest BCUT2D eigenvalue weighted by Gasteiger charge is 2.32. The first-order chi connectivity index (χ1) is 11.7. The molecule has 6 nitrogen and oxygen atoms in total. The first-order valence-corrected chi connectivity index (χ1v) is 8.13. The van der Waals surface area contributed by atoms with E-state index in [4.69, 9.17) is 16.4 Å². The number of hydroxylamine groups is 2. The van der Waals surface area contributed by atoms with E-state index >= 15 is 0 Å². The normalized spacial score (nSPS) is 18.1. The van der Waals surface area contributed by atoms with Gasteiger partial charge in [-0.1, -0.05) is 29.8 Å². The number of halogens is 1. The van der Waals surface area contributed by atoms with Crippen molar-refractivity contribution < 1.29 is 9.63 Å². The molecule has 1 saturated heterocycles. The Bertz CT molecular complexity index is 881. The Morgan fingerprint density at radius 3 is 2.92 bits per heavy atom. The lowest BCUT2D eigenvalue weighted by molar-refractivity contribution is -0.122. The quantitative estimate of drug-likeness (QED) is 0.731. The van der Waals surface area contributed by atoms with E-state index < -0.39 is 0 Å². The van der Waals surface area contributed by atoms with Crippen LogP contribution in [0.15, 0.2) is 48.9 Å². The van der Waals surface area contributed by atoms with E-state index in [1.54, 1.807) is 29.6 Å². The fourth-order valence-electron chi connectivity index (χ4n) is 3.00. The lowest BCUT2D eigenvalue weighted by Gasteiger charge is -2.22. The minimum atomic E-state index is -0.358. The third kappa shape index (κ3) is 2.64. The zero-order chi connectivity index (χ0) is 16.5. The number of hydrogen-bond donors (Lipinski definition) is 0. The highest BCUT2D eigenvalue weighted by molar-refractivity contribution is 6.32. The first kappa shape index (κ1) is 15.1. The van der Waals surface area contributed by atoms with Crippen molar-refractivity contribution in [2.45, 2.75) is 18.9 Å². The van der Waals surface area contributed by atoms with E-state index in [1.165, 1.54) is 0 Å². The highest BCUT2D eigenvalue weighted by Crippen LogP contribution is 2.32. The van der Waals surface area contributed by atoms with E-state index in [2.05, 4.69) is 9.97 Å². The minimum absolute atomic E-state index is 0.0985. The Kier molecular flexibility index (Phi) is 3.92. The molecule has 3 heterocycles. The summed E-state index contributed by atoms with van der Waals surface area (Å²) in [5.74, 6) is 0.440. The number of carbonyl (C=O) groups excluding carboxylic acids is 1. The molecule has 1 aromatic carbocycles. The summed E-state index contributed by atoms with van der Waals surface area (Å²) in [4.78, 5) is 26.5. The smallest absolute Gasteiger partial charge is 0.357 e. The van der Waals surface area contributed by atoms with E-state index in [-0.39, 0.29) is 12.0 Å². The van der Waals surface area contributed by atoms with E-state index in [1.807, 2.05) is 28.8 Å². The zero-order valence-corrected chi connectivity index (χ0v) is 13.6. The van der Waals surface area contributed by atoms with Crippen LogP contribution >= 0.6 is 11.6 Å².